The molecule has 0 aliphatic heterocycles. The molecule has 0 spiro atoms. The van der Waals surface area contributed by atoms with Gasteiger partial charge in [0.2, 0.25) is 0 Å². The van der Waals surface area contributed by atoms with Gasteiger partial charge in [0.15, 0.2) is 0 Å². The van der Waals surface area contributed by atoms with E-state index in [1.165, 1.54) is 38.5 Å². The fraction of sp³-hybridized carbons (Fsp3) is 1.00. The molecular formula is C15H31NO. The molecule has 17 heavy (non-hydrogen) atoms. The molecule has 2 nitrogen and oxygen atoms in total. The first-order valence-electron chi connectivity index (χ1n) is 7.55. The Bertz CT molecular complexity index is 176. The van der Waals surface area contributed by atoms with Crippen molar-refractivity contribution >= 4 is 0 Å². The summed E-state index contributed by atoms with van der Waals surface area (Å²) in [4.78, 5) is 0. The van der Waals surface area contributed by atoms with Crippen molar-refractivity contribution in [3.8, 4) is 0 Å². The van der Waals surface area contributed by atoms with E-state index >= 15 is 0 Å². The highest BCUT2D eigenvalue weighted by atomic mass is 16.5. The van der Waals surface area contributed by atoms with Crippen LogP contribution in [0.25, 0.3) is 0 Å². The quantitative estimate of drug-likeness (QED) is 0.656. The van der Waals surface area contributed by atoms with E-state index in [9.17, 15) is 0 Å². The minimum Gasteiger partial charge on any atom is -0.380 e. The summed E-state index contributed by atoms with van der Waals surface area (Å²) in [5.74, 6) is 1.60. The van der Waals surface area contributed by atoms with Gasteiger partial charge < -0.3 is 10.1 Å². The summed E-state index contributed by atoms with van der Waals surface area (Å²) in [6, 6.07) is 0.590. The lowest BCUT2D eigenvalue weighted by molar-refractivity contribution is 0.0783. The largest absolute Gasteiger partial charge is 0.380 e. The molecule has 0 aromatic heterocycles. The molecule has 0 aromatic rings. The topological polar surface area (TPSA) is 21.3 Å². The van der Waals surface area contributed by atoms with Crippen LogP contribution in [0.4, 0.5) is 0 Å². The lowest BCUT2D eigenvalue weighted by Crippen LogP contribution is -2.41. The first-order valence-corrected chi connectivity index (χ1v) is 7.55. The molecule has 1 saturated carbocycles. The smallest absolute Gasteiger partial charge is 0.0622 e. The Kier molecular flexibility index (Phi) is 7.87. The summed E-state index contributed by atoms with van der Waals surface area (Å²) in [5.41, 5.74) is 0. The molecule has 1 aliphatic carbocycles. The number of hydrogen-bond donors (Lipinski definition) is 1. The normalized spacial score (nSPS) is 19.8. The van der Waals surface area contributed by atoms with Crippen molar-refractivity contribution in [1.82, 2.24) is 5.32 Å². The van der Waals surface area contributed by atoms with Gasteiger partial charge in [-0.2, -0.15) is 0 Å². The van der Waals surface area contributed by atoms with Gasteiger partial charge in [-0.3, -0.25) is 0 Å². The van der Waals surface area contributed by atoms with Gasteiger partial charge in [-0.15, -0.1) is 0 Å². The minimum atomic E-state index is 0.590. The van der Waals surface area contributed by atoms with Crippen LogP contribution in [-0.4, -0.2) is 25.8 Å². The Labute approximate surface area is 108 Å². The average Bonchev–Trinajstić information content (AvgIpc) is 2.34. The molecule has 0 radical (unpaired) electrons. The molecule has 1 atom stereocenters. The molecule has 102 valence electrons. The number of nitrogens with one attached hydrogen (secondary N) is 1. The highest BCUT2D eigenvalue weighted by molar-refractivity contribution is 4.78. The summed E-state index contributed by atoms with van der Waals surface area (Å²) in [7, 11) is 0. The predicted octanol–water partition coefficient (Wildman–Crippen LogP) is 3.61. The van der Waals surface area contributed by atoms with Crippen LogP contribution in [-0.2, 0) is 4.74 Å². The Hall–Kier alpha value is -0.0800. The van der Waals surface area contributed by atoms with Gasteiger partial charge >= 0.3 is 0 Å². The third kappa shape index (κ3) is 6.42. The lowest BCUT2D eigenvalue weighted by Gasteiger charge is -2.30. The van der Waals surface area contributed by atoms with Gasteiger partial charge in [0.25, 0.3) is 0 Å². The van der Waals surface area contributed by atoms with E-state index in [0.717, 1.165) is 31.6 Å². The van der Waals surface area contributed by atoms with E-state index in [1.807, 2.05) is 0 Å². The van der Waals surface area contributed by atoms with Crippen molar-refractivity contribution in [2.24, 2.45) is 11.8 Å². The minimum absolute atomic E-state index is 0.590. The van der Waals surface area contributed by atoms with Crippen LogP contribution < -0.4 is 5.32 Å². The van der Waals surface area contributed by atoms with Crippen molar-refractivity contribution in [3.63, 3.8) is 0 Å². The molecule has 1 N–H and O–H groups in total. The summed E-state index contributed by atoms with van der Waals surface area (Å²) in [6.07, 6.45) is 8.24. The molecule has 0 aromatic carbocycles. The van der Waals surface area contributed by atoms with E-state index in [-0.39, 0.29) is 0 Å². The van der Waals surface area contributed by atoms with Gasteiger partial charge in [-0.25, -0.2) is 0 Å². The zero-order chi connectivity index (χ0) is 12.5. The molecule has 1 aliphatic rings. The fourth-order valence-corrected chi connectivity index (χ4v) is 2.69. The molecule has 0 saturated heterocycles. The van der Waals surface area contributed by atoms with Crippen molar-refractivity contribution in [2.45, 2.75) is 65.3 Å². The van der Waals surface area contributed by atoms with Crippen molar-refractivity contribution in [3.05, 3.63) is 0 Å². The van der Waals surface area contributed by atoms with Crippen LogP contribution in [0.5, 0.6) is 0 Å². The van der Waals surface area contributed by atoms with Crippen molar-refractivity contribution < 1.29 is 4.74 Å². The molecule has 0 heterocycles. The maximum atomic E-state index is 5.85. The Balaban J connectivity index is 2.21. The number of hydrogen-bond acceptors (Lipinski definition) is 2. The van der Waals surface area contributed by atoms with E-state index in [1.54, 1.807) is 0 Å². The van der Waals surface area contributed by atoms with Crippen LogP contribution in [0.15, 0.2) is 0 Å². The summed E-state index contributed by atoms with van der Waals surface area (Å²) in [5, 5.41) is 3.62. The van der Waals surface area contributed by atoms with Crippen LogP contribution >= 0.6 is 0 Å². The van der Waals surface area contributed by atoms with E-state index in [0.29, 0.717) is 6.04 Å². The zero-order valence-corrected chi connectivity index (χ0v) is 12.0. The number of likely N-dealkylation sites (N-methyl/N-ethyl adjacent to an activating group) is 1. The zero-order valence-electron chi connectivity index (χ0n) is 12.0. The van der Waals surface area contributed by atoms with Crippen molar-refractivity contribution in [1.29, 1.82) is 0 Å². The SMILES string of the molecule is CCNC(COCCC(C)C)C1CCCCC1. The average molecular weight is 241 g/mol. The molecular weight excluding hydrogens is 210 g/mol. The predicted molar refractivity (Wildman–Crippen MR) is 74.3 cm³/mol. The first kappa shape index (κ1) is 15.0. The van der Waals surface area contributed by atoms with Crippen LogP contribution in [0.1, 0.15) is 59.3 Å². The van der Waals surface area contributed by atoms with Crippen LogP contribution in [0.3, 0.4) is 0 Å². The standard InChI is InChI=1S/C15H31NO/c1-4-16-15(12-17-11-10-13(2)3)14-8-6-5-7-9-14/h13-16H,4-12H2,1-3H3. The van der Waals surface area contributed by atoms with Gasteiger partial charge in [0.05, 0.1) is 6.61 Å². The first-order chi connectivity index (χ1) is 8.24. The Morgan fingerprint density at radius 3 is 2.47 bits per heavy atom. The monoisotopic (exact) mass is 241 g/mol. The second kappa shape index (κ2) is 8.93. The summed E-state index contributed by atoms with van der Waals surface area (Å²) >= 11 is 0. The highest BCUT2D eigenvalue weighted by Crippen LogP contribution is 2.26. The molecule has 1 unspecified atom stereocenters. The van der Waals surface area contributed by atoms with E-state index in [2.05, 4.69) is 26.1 Å². The van der Waals surface area contributed by atoms with E-state index in [4.69, 9.17) is 4.74 Å². The summed E-state index contributed by atoms with van der Waals surface area (Å²) in [6.45, 7) is 9.61. The van der Waals surface area contributed by atoms with Crippen LogP contribution in [0, 0.1) is 11.8 Å². The Morgan fingerprint density at radius 2 is 1.88 bits per heavy atom. The van der Waals surface area contributed by atoms with Gasteiger partial charge in [-0.05, 0) is 37.6 Å². The Morgan fingerprint density at radius 1 is 1.18 bits per heavy atom. The fourth-order valence-electron chi connectivity index (χ4n) is 2.69. The number of ether oxygens (including phenoxy) is 1. The van der Waals surface area contributed by atoms with Gasteiger partial charge in [-0.1, -0.05) is 40.0 Å². The maximum absolute atomic E-state index is 5.85. The summed E-state index contributed by atoms with van der Waals surface area (Å²) < 4.78 is 5.85. The van der Waals surface area contributed by atoms with E-state index < -0.39 is 0 Å². The second-order valence-electron chi connectivity index (χ2n) is 5.82. The molecule has 1 fully saturated rings. The van der Waals surface area contributed by atoms with Crippen molar-refractivity contribution in [2.75, 3.05) is 19.8 Å². The van der Waals surface area contributed by atoms with Gasteiger partial charge in [0, 0.05) is 12.6 Å². The highest BCUT2D eigenvalue weighted by Gasteiger charge is 2.22. The molecule has 2 heteroatoms. The number of rotatable bonds is 8. The second-order valence-corrected chi connectivity index (χ2v) is 5.82. The molecule has 0 amide bonds. The van der Waals surface area contributed by atoms with Gasteiger partial charge in [0.1, 0.15) is 0 Å². The van der Waals surface area contributed by atoms with Crippen LogP contribution in [0.2, 0.25) is 0 Å². The third-order valence-corrected chi connectivity index (χ3v) is 3.82. The molecule has 1 rings (SSSR count). The maximum Gasteiger partial charge on any atom is 0.0622 e. The third-order valence-electron chi connectivity index (χ3n) is 3.82. The molecule has 0 bridgehead atoms. The lowest BCUT2D eigenvalue weighted by atomic mass is 9.84.